The third-order valence-corrected chi connectivity index (χ3v) is 6.20. The van der Waals surface area contributed by atoms with E-state index in [-0.39, 0.29) is 4.90 Å². The number of nitrogens with zero attached hydrogens (tertiary/aromatic N) is 2. The van der Waals surface area contributed by atoms with Crippen LogP contribution in [0.15, 0.2) is 41.4 Å². The van der Waals surface area contributed by atoms with Crippen LogP contribution in [-0.4, -0.2) is 37.3 Å². The van der Waals surface area contributed by atoms with Gasteiger partial charge in [-0.15, -0.1) is 0 Å². The Morgan fingerprint density at radius 2 is 1.84 bits per heavy atom. The monoisotopic (exact) mass is 456 g/mol. The molecule has 0 atom stereocenters. The van der Waals surface area contributed by atoms with E-state index in [2.05, 4.69) is 10.4 Å². The van der Waals surface area contributed by atoms with E-state index in [0.717, 1.165) is 12.0 Å². The van der Waals surface area contributed by atoms with Gasteiger partial charge in [0.25, 0.3) is 5.91 Å². The van der Waals surface area contributed by atoms with E-state index in [1.807, 2.05) is 6.07 Å². The number of primary sulfonamides is 1. The summed E-state index contributed by atoms with van der Waals surface area (Å²) in [6.07, 6.45) is 2.40. The zero-order chi connectivity index (χ0) is 23.0. The highest BCUT2D eigenvalue weighted by atomic mass is 32.2. The molecule has 1 aliphatic heterocycles. The van der Waals surface area contributed by atoms with E-state index in [9.17, 15) is 13.2 Å². The number of carbonyl (C=O) groups excluding carboxylic acids is 1. The van der Waals surface area contributed by atoms with E-state index in [1.54, 1.807) is 43.9 Å². The van der Waals surface area contributed by atoms with Crippen molar-refractivity contribution in [1.29, 1.82) is 0 Å². The van der Waals surface area contributed by atoms with Crippen molar-refractivity contribution >= 4 is 21.6 Å². The van der Waals surface area contributed by atoms with Crippen molar-refractivity contribution in [3.63, 3.8) is 0 Å². The molecule has 4 rings (SSSR count). The van der Waals surface area contributed by atoms with Crippen molar-refractivity contribution in [2.75, 3.05) is 18.5 Å². The topological polar surface area (TPSA) is 126 Å². The summed E-state index contributed by atoms with van der Waals surface area (Å²) in [6.45, 7) is 4.68. The van der Waals surface area contributed by atoms with Gasteiger partial charge in [0.05, 0.1) is 23.7 Å². The summed E-state index contributed by atoms with van der Waals surface area (Å²) < 4.78 is 36.6. The van der Waals surface area contributed by atoms with Crippen molar-refractivity contribution in [1.82, 2.24) is 9.78 Å². The maximum Gasteiger partial charge on any atom is 0.259 e. The number of aryl methyl sites for hydroxylation is 2. The first-order chi connectivity index (χ1) is 15.1. The highest BCUT2D eigenvalue weighted by Crippen LogP contribution is 2.35. The van der Waals surface area contributed by atoms with Gasteiger partial charge in [0.15, 0.2) is 11.5 Å². The summed E-state index contributed by atoms with van der Waals surface area (Å²) in [4.78, 5) is 13.1. The summed E-state index contributed by atoms with van der Waals surface area (Å²) in [5, 5.41) is 12.5. The van der Waals surface area contributed by atoms with Crippen LogP contribution in [0.1, 0.15) is 27.9 Å². The van der Waals surface area contributed by atoms with E-state index in [0.29, 0.717) is 52.8 Å². The lowest BCUT2D eigenvalue weighted by Gasteiger charge is -2.13. The highest BCUT2D eigenvalue weighted by molar-refractivity contribution is 7.89. The lowest BCUT2D eigenvalue weighted by atomic mass is 10.1. The average Bonchev–Trinajstić information content (AvgIpc) is 2.97. The number of hydrogen-bond acceptors (Lipinski definition) is 6. The Labute approximate surface area is 186 Å². The molecule has 1 aliphatic rings. The number of hydrogen-bond donors (Lipinski definition) is 2. The Bertz CT molecular complexity index is 1310. The molecule has 168 valence electrons. The number of ether oxygens (including phenoxy) is 2. The minimum Gasteiger partial charge on any atom is -0.490 e. The molecule has 2 aromatic carbocycles. The van der Waals surface area contributed by atoms with Crippen molar-refractivity contribution < 1.29 is 22.7 Å². The van der Waals surface area contributed by atoms with Gasteiger partial charge in [-0.3, -0.25) is 9.48 Å². The van der Waals surface area contributed by atoms with Gasteiger partial charge >= 0.3 is 0 Å². The lowest BCUT2D eigenvalue weighted by molar-refractivity contribution is 0.102. The summed E-state index contributed by atoms with van der Waals surface area (Å²) in [6, 6.07) is 8.27. The molecular weight excluding hydrogens is 432 g/mol. The quantitative estimate of drug-likeness (QED) is 0.622. The normalized spacial score (nSPS) is 13.5. The predicted octanol–water partition coefficient (Wildman–Crippen LogP) is 2.76. The summed E-state index contributed by atoms with van der Waals surface area (Å²) in [5.41, 5.74) is 3.31. The molecule has 3 N–H and O–H groups in total. The molecule has 1 aromatic heterocycles. The SMILES string of the molecule is Cc1cc(S(N)(=O)=O)cc(NC(=O)c2cn(C)nc2-c2ccc3c(c2)OCCCO3)c1C. The molecule has 10 heteroatoms. The van der Waals surface area contributed by atoms with Crippen LogP contribution in [0.25, 0.3) is 11.3 Å². The summed E-state index contributed by atoms with van der Waals surface area (Å²) >= 11 is 0. The smallest absolute Gasteiger partial charge is 0.259 e. The minimum absolute atomic E-state index is 0.0646. The van der Waals surface area contributed by atoms with E-state index in [4.69, 9.17) is 14.6 Å². The largest absolute Gasteiger partial charge is 0.490 e. The van der Waals surface area contributed by atoms with Crippen LogP contribution in [0.3, 0.4) is 0 Å². The molecule has 0 spiro atoms. The zero-order valence-corrected chi connectivity index (χ0v) is 18.8. The molecule has 1 amide bonds. The molecular formula is C22H24N4O5S. The fraction of sp³-hybridized carbons (Fsp3) is 0.273. The highest BCUT2D eigenvalue weighted by Gasteiger charge is 2.21. The van der Waals surface area contributed by atoms with Crippen LogP contribution in [-0.2, 0) is 17.1 Å². The number of benzene rings is 2. The minimum atomic E-state index is -3.92. The lowest BCUT2D eigenvalue weighted by Crippen LogP contribution is -2.16. The Kier molecular flexibility index (Phi) is 5.66. The maximum atomic E-state index is 13.2. The van der Waals surface area contributed by atoms with Gasteiger partial charge in [-0.2, -0.15) is 5.10 Å². The van der Waals surface area contributed by atoms with Crippen LogP contribution >= 0.6 is 0 Å². The van der Waals surface area contributed by atoms with Gasteiger partial charge in [-0.05, 0) is 55.3 Å². The standard InChI is InChI=1S/C22H24N4O5S/c1-13-9-16(32(23,28)29)11-18(14(13)2)24-22(27)17-12-26(3)25-21(17)15-5-6-19-20(10-15)31-8-4-7-30-19/h5-6,9-12H,4,7-8H2,1-3H3,(H,24,27)(H2,23,28,29). The molecule has 0 aliphatic carbocycles. The fourth-order valence-corrected chi connectivity index (χ4v) is 4.11. The molecule has 0 fully saturated rings. The van der Waals surface area contributed by atoms with Crippen molar-refractivity contribution in [2.45, 2.75) is 25.2 Å². The second kappa shape index (κ2) is 8.29. The van der Waals surface area contributed by atoms with Crippen molar-refractivity contribution in [3.8, 4) is 22.8 Å². The molecule has 9 nitrogen and oxygen atoms in total. The fourth-order valence-electron chi connectivity index (χ4n) is 3.49. The number of aromatic nitrogens is 2. The molecule has 32 heavy (non-hydrogen) atoms. The van der Waals surface area contributed by atoms with Gasteiger partial charge in [0.2, 0.25) is 10.0 Å². The summed E-state index contributed by atoms with van der Waals surface area (Å²) in [7, 11) is -2.19. The van der Waals surface area contributed by atoms with E-state index >= 15 is 0 Å². The van der Waals surface area contributed by atoms with Gasteiger partial charge in [0, 0.05) is 30.9 Å². The number of amides is 1. The number of sulfonamides is 1. The van der Waals surface area contributed by atoms with Gasteiger partial charge in [0.1, 0.15) is 5.69 Å². The maximum absolute atomic E-state index is 13.2. The number of rotatable bonds is 4. The molecule has 0 bridgehead atoms. The first-order valence-corrected chi connectivity index (χ1v) is 11.6. The molecule has 2 heterocycles. The number of nitrogens with two attached hydrogens (primary N) is 1. The zero-order valence-electron chi connectivity index (χ0n) is 18.0. The summed E-state index contributed by atoms with van der Waals surface area (Å²) in [5.74, 6) is 0.831. The molecule has 0 saturated heterocycles. The van der Waals surface area contributed by atoms with Gasteiger partial charge < -0.3 is 14.8 Å². The number of fused-ring (bicyclic) bond motifs is 1. The van der Waals surface area contributed by atoms with Crippen LogP contribution < -0.4 is 19.9 Å². The number of anilines is 1. The van der Waals surface area contributed by atoms with Crippen molar-refractivity contribution in [2.24, 2.45) is 12.2 Å². The number of carbonyl (C=O) groups is 1. The Balaban J connectivity index is 1.70. The van der Waals surface area contributed by atoms with Crippen LogP contribution in [0.4, 0.5) is 5.69 Å². The van der Waals surface area contributed by atoms with E-state index < -0.39 is 15.9 Å². The Hall–Kier alpha value is -3.37. The third-order valence-electron chi connectivity index (χ3n) is 5.31. The molecule has 0 radical (unpaired) electrons. The van der Waals surface area contributed by atoms with Crippen LogP contribution in [0, 0.1) is 13.8 Å². The van der Waals surface area contributed by atoms with Gasteiger partial charge in [-0.1, -0.05) is 0 Å². The van der Waals surface area contributed by atoms with Crippen molar-refractivity contribution in [3.05, 3.63) is 53.2 Å². The predicted molar refractivity (Wildman–Crippen MR) is 119 cm³/mol. The Morgan fingerprint density at radius 3 is 2.56 bits per heavy atom. The molecule has 0 unspecified atom stereocenters. The van der Waals surface area contributed by atoms with E-state index in [1.165, 1.54) is 12.1 Å². The second-order valence-electron chi connectivity index (χ2n) is 7.69. The Morgan fingerprint density at radius 1 is 1.12 bits per heavy atom. The number of nitrogens with one attached hydrogen (secondary N) is 1. The first kappa shape index (κ1) is 21.8. The van der Waals surface area contributed by atoms with Crippen LogP contribution in [0.5, 0.6) is 11.5 Å². The third kappa shape index (κ3) is 4.32. The second-order valence-corrected chi connectivity index (χ2v) is 9.25. The van der Waals surface area contributed by atoms with Gasteiger partial charge in [-0.25, -0.2) is 13.6 Å². The molecule has 3 aromatic rings. The average molecular weight is 457 g/mol. The van der Waals surface area contributed by atoms with Crippen LogP contribution in [0.2, 0.25) is 0 Å². The molecule has 0 saturated carbocycles. The first-order valence-electron chi connectivity index (χ1n) is 10.0.